The molecule has 28 heavy (non-hydrogen) atoms. The molecule has 0 bridgehead atoms. The van der Waals surface area contributed by atoms with E-state index in [-0.39, 0.29) is 11.4 Å². The van der Waals surface area contributed by atoms with Crippen molar-refractivity contribution in [1.82, 2.24) is 4.90 Å². The maximum atomic E-state index is 12.6. The van der Waals surface area contributed by atoms with E-state index in [1.54, 1.807) is 24.0 Å². The number of allylic oxidation sites excluding steroid dienone is 2. The van der Waals surface area contributed by atoms with Gasteiger partial charge < -0.3 is 19.9 Å². The minimum Gasteiger partial charge on any atom is -0.493 e. The number of halogens is 1. The van der Waals surface area contributed by atoms with E-state index in [1.807, 2.05) is 0 Å². The number of hydrogen-bond donors (Lipinski definition) is 1. The van der Waals surface area contributed by atoms with Crippen molar-refractivity contribution in [3.8, 4) is 17.6 Å². The minimum atomic E-state index is -0.699. The summed E-state index contributed by atoms with van der Waals surface area (Å²) in [5.41, 5.74) is 7.57. The van der Waals surface area contributed by atoms with Gasteiger partial charge in [-0.2, -0.15) is 5.26 Å². The number of thioether (sulfide) groups is 1. The fraction of sp³-hybridized carbons (Fsp3) is 0.278. The first kappa shape index (κ1) is 19.9. The van der Waals surface area contributed by atoms with Crippen molar-refractivity contribution in [2.75, 3.05) is 21.3 Å². The third-order valence-electron chi connectivity index (χ3n) is 4.35. The lowest BCUT2D eigenvalue weighted by atomic mass is 9.94. The Morgan fingerprint density at radius 2 is 2.07 bits per heavy atom. The van der Waals surface area contributed by atoms with Gasteiger partial charge in [0.15, 0.2) is 16.7 Å². The lowest BCUT2D eigenvalue weighted by Gasteiger charge is -2.35. The van der Waals surface area contributed by atoms with Crippen LogP contribution in [-0.2, 0) is 9.53 Å². The van der Waals surface area contributed by atoms with Crippen molar-refractivity contribution < 1.29 is 19.0 Å². The molecule has 0 fully saturated rings. The van der Waals surface area contributed by atoms with Crippen molar-refractivity contribution in [3.05, 3.63) is 44.7 Å². The van der Waals surface area contributed by atoms with Gasteiger partial charge in [-0.15, -0.1) is 0 Å². The summed E-state index contributed by atoms with van der Waals surface area (Å²) < 4.78 is 15.6. The Labute approximate surface area is 171 Å². The molecule has 1 atom stereocenters. The summed E-state index contributed by atoms with van der Waals surface area (Å²) in [5.74, 6) is 0.413. The Morgan fingerprint density at radius 1 is 1.36 bits per heavy atom. The van der Waals surface area contributed by atoms with Crippen LogP contribution in [0.4, 0.5) is 0 Å². The van der Waals surface area contributed by atoms with Gasteiger partial charge in [0.25, 0.3) is 0 Å². The Balaban J connectivity index is 2.27. The maximum absolute atomic E-state index is 12.6. The average molecular weight is 421 g/mol. The van der Waals surface area contributed by atoms with Gasteiger partial charge in [-0.1, -0.05) is 11.6 Å². The molecule has 8 nitrogen and oxygen atoms in total. The van der Waals surface area contributed by atoms with Crippen LogP contribution in [0.5, 0.6) is 11.5 Å². The largest absolute Gasteiger partial charge is 0.493 e. The molecule has 1 aromatic rings. The Morgan fingerprint density at radius 3 is 2.64 bits per heavy atom. The highest BCUT2D eigenvalue weighted by Crippen LogP contribution is 2.47. The van der Waals surface area contributed by atoms with Gasteiger partial charge in [-0.05, 0) is 36.4 Å². The number of nitrogens with zero attached hydrogens (tertiary/aromatic N) is 3. The van der Waals surface area contributed by atoms with Crippen LogP contribution >= 0.6 is 23.4 Å². The number of rotatable bonds is 4. The van der Waals surface area contributed by atoms with E-state index in [9.17, 15) is 10.1 Å². The maximum Gasteiger partial charge on any atom is 0.338 e. The van der Waals surface area contributed by atoms with Crippen molar-refractivity contribution >= 4 is 34.5 Å². The van der Waals surface area contributed by atoms with Gasteiger partial charge in [0, 0.05) is 0 Å². The molecule has 146 valence electrons. The zero-order valence-corrected chi connectivity index (χ0v) is 17.1. The number of carbonyl (C=O) groups excluding carboxylic acids is 1. The van der Waals surface area contributed by atoms with Gasteiger partial charge in [-0.25, -0.2) is 9.79 Å². The van der Waals surface area contributed by atoms with Gasteiger partial charge in [0.1, 0.15) is 16.8 Å². The van der Waals surface area contributed by atoms with Gasteiger partial charge in [-0.3, -0.25) is 4.90 Å². The number of nitrogens with two attached hydrogens (primary N) is 1. The van der Waals surface area contributed by atoms with Crippen molar-refractivity contribution in [3.63, 3.8) is 0 Å². The van der Waals surface area contributed by atoms with E-state index in [2.05, 4.69) is 11.1 Å². The highest BCUT2D eigenvalue weighted by molar-refractivity contribution is 8.17. The molecule has 0 saturated heterocycles. The molecule has 1 aromatic carbocycles. The van der Waals surface area contributed by atoms with E-state index >= 15 is 0 Å². The summed E-state index contributed by atoms with van der Waals surface area (Å²) in [6, 6.07) is 4.73. The number of esters is 1. The second-order valence-corrected chi connectivity index (χ2v) is 7.21. The molecule has 2 aliphatic heterocycles. The monoisotopic (exact) mass is 420 g/mol. The number of carbonyl (C=O) groups is 1. The number of benzene rings is 1. The van der Waals surface area contributed by atoms with Gasteiger partial charge in [0.05, 0.1) is 43.7 Å². The van der Waals surface area contributed by atoms with Crippen molar-refractivity contribution in [2.45, 2.75) is 13.0 Å². The number of ether oxygens (including phenoxy) is 3. The molecule has 2 aliphatic rings. The van der Waals surface area contributed by atoms with Crippen LogP contribution in [0, 0.1) is 11.3 Å². The fourth-order valence-electron chi connectivity index (χ4n) is 3.12. The molecular formula is C18H17ClN4O4S. The smallest absolute Gasteiger partial charge is 0.338 e. The molecule has 0 amide bonds. The van der Waals surface area contributed by atoms with E-state index in [0.717, 1.165) is 11.8 Å². The molecule has 10 heteroatoms. The summed E-state index contributed by atoms with van der Waals surface area (Å²) >= 11 is 7.52. The lowest BCUT2D eigenvalue weighted by molar-refractivity contribution is -0.136. The van der Waals surface area contributed by atoms with E-state index in [4.69, 9.17) is 31.5 Å². The Kier molecular flexibility index (Phi) is 5.45. The molecular weight excluding hydrogens is 404 g/mol. The summed E-state index contributed by atoms with van der Waals surface area (Å²) in [6.07, 6.45) is 0. The zero-order chi connectivity index (χ0) is 20.6. The van der Waals surface area contributed by atoms with Crippen LogP contribution in [0.2, 0.25) is 5.02 Å². The minimum absolute atomic E-state index is 0.205. The first-order valence-corrected chi connectivity index (χ1v) is 9.23. The second-order valence-electron chi connectivity index (χ2n) is 5.82. The molecule has 0 unspecified atom stereocenters. The molecule has 0 spiro atoms. The number of hydrogen-bond acceptors (Lipinski definition) is 9. The predicted molar refractivity (Wildman–Crippen MR) is 106 cm³/mol. The topological polar surface area (TPSA) is 110 Å². The van der Waals surface area contributed by atoms with E-state index in [1.165, 1.54) is 21.3 Å². The van der Waals surface area contributed by atoms with E-state index < -0.39 is 12.0 Å². The second kappa shape index (κ2) is 7.66. The molecule has 0 aliphatic carbocycles. The quantitative estimate of drug-likeness (QED) is 0.740. The summed E-state index contributed by atoms with van der Waals surface area (Å²) in [7, 11) is 4.26. The highest BCUT2D eigenvalue weighted by atomic mass is 35.5. The van der Waals surface area contributed by atoms with Crippen LogP contribution in [0.15, 0.2) is 39.1 Å². The average Bonchev–Trinajstić information content (AvgIpc) is 3.00. The Hall–Kier alpha value is -2.83. The third kappa shape index (κ3) is 3.04. The number of methoxy groups -OCH3 is 3. The van der Waals surface area contributed by atoms with Gasteiger partial charge >= 0.3 is 5.97 Å². The lowest BCUT2D eigenvalue weighted by Crippen LogP contribution is -2.38. The third-order valence-corrected chi connectivity index (χ3v) is 5.61. The van der Waals surface area contributed by atoms with Crippen molar-refractivity contribution in [2.24, 2.45) is 10.7 Å². The van der Waals surface area contributed by atoms with Crippen LogP contribution in [0.3, 0.4) is 0 Å². The van der Waals surface area contributed by atoms with Crippen LogP contribution in [-0.4, -0.2) is 37.4 Å². The highest BCUT2D eigenvalue weighted by Gasteiger charge is 2.43. The first-order valence-electron chi connectivity index (χ1n) is 8.04. The number of amidine groups is 1. The van der Waals surface area contributed by atoms with Crippen LogP contribution in [0.1, 0.15) is 18.5 Å². The summed E-state index contributed by atoms with van der Waals surface area (Å²) in [5, 5.41) is 10.2. The Bertz CT molecular complexity index is 996. The van der Waals surface area contributed by atoms with Crippen LogP contribution in [0.25, 0.3) is 0 Å². The first-order chi connectivity index (χ1) is 13.4. The number of nitriles is 1. The fourth-order valence-corrected chi connectivity index (χ4v) is 4.34. The summed E-state index contributed by atoms with van der Waals surface area (Å²) in [6.45, 7) is 1.70. The normalized spacial score (nSPS) is 18.5. The summed E-state index contributed by atoms with van der Waals surface area (Å²) in [4.78, 5) is 18.9. The standard InChI is InChI=1S/C18H17ClN4O4S/c1-8-13(17(24)27-4)14(23-16(21)12(7-20)28-18(23)22-8)9-5-10(19)15(26-3)11(6-9)25-2/h5-6,14H,21H2,1-4H3/t14-/m1/s1. The number of fused-ring (bicyclic) bond motifs is 1. The van der Waals surface area contributed by atoms with Crippen molar-refractivity contribution in [1.29, 1.82) is 5.26 Å². The van der Waals surface area contributed by atoms with E-state index in [0.29, 0.717) is 37.9 Å². The molecule has 3 rings (SSSR count). The SMILES string of the molecule is COC(=O)C1=C(C)N=C2SC(C#N)=C(N)N2[C@@H]1c1cc(Cl)c(OC)c(OC)c1. The van der Waals surface area contributed by atoms with Gasteiger partial charge in [0.2, 0.25) is 0 Å². The molecule has 0 saturated carbocycles. The molecule has 2 heterocycles. The molecule has 0 aromatic heterocycles. The predicted octanol–water partition coefficient (Wildman–Crippen LogP) is 2.92. The molecule has 2 N–H and O–H groups in total. The number of aliphatic imine (C=N–C) groups is 1. The van der Waals surface area contributed by atoms with Crippen LogP contribution < -0.4 is 15.2 Å². The zero-order valence-electron chi connectivity index (χ0n) is 15.6. The molecule has 0 radical (unpaired) electrons.